The zero-order valence-corrected chi connectivity index (χ0v) is 7.83. The fraction of sp³-hybridized carbons (Fsp3) is 0.273. The van der Waals surface area contributed by atoms with Crippen molar-refractivity contribution in [3.8, 4) is 17.8 Å². The Labute approximate surface area is 78.5 Å². The molecule has 1 rings (SSSR count). The summed E-state index contributed by atoms with van der Waals surface area (Å²) in [5.74, 6) is 3.52. The van der Waals surface area contributed by atoms with Gasteiger partial charge in [0.2, 0.25) is 0 Å². The maximum Gasteiger partial charge on any atom is 0.125 e. The Hall–Kier alpha value is -1.62. The molecule has 0 heterocycles. The lowest BCUT2D eigenvalue weighted by Crippen LogP contribution is -1.87. The van der Waals surface area contributed by atoms with Gasteiger partial charge in [0.25, 0.3) is 0 Å². The highest BCUT2D eigenvalue weighted by Gasteiger charge is 1.92. The maximum atomic E-state index is 5.04. The van der Waals surface area contributed by atoms with E-state index in [0.717, 1.165) is 11.3 Å². The minimum absolute atomic E-state index is 0.519. The molecule has 0 bridgehead atoms. The first kappa shape index (κ1) is 9.47. The molecule has 0 N–H and O–H groups in total. The summed E-state index contributed by atoms with van der Waals surface area (Å²) >= 11 is 0. The third-order valence-electron chi connectivity index (χ3n) is 1.57. The standard InChI is InChI=1S/C11H12O2/c1-3-8-13-9-10-4-6-11(12-2)7-5-10/h4-7H,9H2,1-2H3. The van der Waals surface area contributed by atoms with E-state index in [0.29, 0.717) is 6.61 Å². The predicted octanol–water partition coefficient (Wildman–Crippen LogP) is 2.19. The Morgan fingerprint density at radius 2 is 1.92 bits per heavy atom. The first-order valence-corrected chi connectivity index (χ1v) is 4.03. The van der Waals surface area contributed by atoms with Crippen molar-refractivity contribution in [3.05, 3.63) is 29.8 Å². The second-order valence-corrected chi connectivity index (χ2v) is 2.49. The zero-order chi connectivity index (χ0) is 9.52. The molecule has 0 aliphatic rings. The molecule has 2 nitrogen and oxygen atoms in total. The van der Waals surface area contributed by atoms with Crippen LogP contribution in [0.1, 0.15) is 12.5 Å². The van der Waals surface area contributed by atoms with Crippen LogP contribution >= 0.6 is 0 Å². The minimum Gasteiger partial charge on any atom is -0.497 e. The lowest BCUT2D eigenvalue weighted by molar-refractivity contribution is 0.264. The number of methoxy groups -OCH3 is 1. The van der Waals surface area contributed by atoms with Crippen molar-refractivity contribution in [2.24, 2.45) is 0 Å². The summed E-state index contributed by atoms with van der Waals surface area (Å²) in [6.45, 7) is 2.26. The zero-order valence-electron chi connectivity index (χ0n) is 7.83. The Morgan fingerprint density at radius 3 is 2.46 bits per heavy atom. The number of benzene rings is 1. The van der Waals surface area contributed by atoms with Gasteiger partial charge in [-0.15, -0.1) is 0 Å². The number of ether oxygens (including phenoxy) is 2. The molecule has 0 fully saturated rings. The largest absolute Gasteiger partial charge is 0.497 e. The van der Waals surface area contributed by atoms with Crippen molar-refractivity contribution in [2.75, 3.05) is 7.11 Å². The Balaban J connectivity index is 2.52. The monoisotopic (exact) mass is 176 g/mol. The van der Waals surface area contributed by atoms with Gasteiger partial charge in [-0.05, 0) is 17.7 Å². The highest BCUT2D eigenvalue weighted by Crippen LogP contribution is 2.11. The summed E-state index contributed by atoms with van der Waals surface area (Å²) in [6, 6.07) is 7.71. The van der Waals surface area contributed by atoms with Gasteiger partial charge in [0.1, 0.15) is 18.5 Å². The molecular weight excluding hydrogens is 164 g/mol. The SMILES string of the molecule is CC#COCc1ccc(OC)cc1. The van der Waals surface area contributed by atoms with E-state index in [4.69, 9.17) is 9.47 Å². The van der Waals surface area contributed by atoms with Gasteiger partial charge < -0.3 is 9.47 Å². The molecule has 0 unspecified atom stereocenters. The third kappa shape index (κ3) is 3.08. The highest BCUT2D eigenvalue weighted by molar-refractivity contribution is 5.26. The van der Waals surface area contributed by atoms with E-state index < -0.39 is 0 Å². The van der Waals surface area contributed by atoms with Crippen molar-refractivity contribution in [3.63, 3.8) is 0 Å². The molecule has 0 saturated carbocycles. The van der Waals surface area contributed by atoms with Gasteiger partial charge in [-0.25, -0.2) is 0 Å². The summed E-state index contributed by atoms with van der Waals surface area (Å²) in [6.07, 6.45) is 2.54. The normalized spacial score (nSPS) is 8.46. The molecule has 68 valence electrons. The van der Waals surface area contributed by atoms with E-state index in [1.165, 1.54) is 0 Å². The smallest absolute Gasteiger partial charge is 0.125 e. The molecule has 13 heavy (non-hydrogen) atoms. The Kier molecular flexibility index (Phi) is 3.72. The van der Waals surface area contributed by atoms with E-state index in [2.05, 4.69) is 12.0 Å². The average Bonchev–Trinajstić information content (AvgIpc) is 2.19. The van der Waals surface area contributed by atoms with E-state index in [9.17, 15) is 0 Å². The molecule has 0 atom stereocenters. The molecule has 0 aliphatic heterocycles. The Bertz CT molecular complexity index is 303. The van der Waals surface area contributed by atoms with Crippen LogP contribution in [0, 0.1) is 12.0 Å². The van der Waals surface area contributed by atoms with Crippen LogP contribution in [0.25, 0.3) is 0 Å². The molecule has 0 spiro atoms. The molecule has 2 heteroatoms. The summed E-state index contributed by atoms with van der Waals surface area (Å²) in [5.41, 5.74) is 1.09. The molecule has 1 aromatic carbocycles. The van der Waals surface area contributed by atoms with Gasteiger partial charge in [0.15, 0.2) is 0 Å². The van der Waals surface area contributed by atoms with Gasteiger partial charge >= 0.3 is 0 Å². The van der Waals surface area contributed by atoms with Crippen LogP contribution in [0.4, 0.5) is 0 Å². The molecule has 0 aromatic heterocycles. The van der Waals surface area contributed by atoms with Crippen molar-refractivity contribution >= 4 is 0 Å². The number of rotatable bonds is 3. The summed E-state index contributed by atoms with van der Waals surface area (Å²) in [4.78, 5) is 0. The van der Waals surface area contributed by atoms with Crippen LogP contribution < -0.4 is 4.74 Å². The Morgan fingerprint density at radius 1 is 1.23 bits per heavy atom. The third-order valence-corrected chi connectivity index (χ3v) is 1.57. The van der Waals surface area contributed by atoms with E-state index in [1.54, 1.807) is 14.0 Å². The summed E-state index contributed by atoms with van der Waals surface area (Å²) in [5, 5.41) is 0. The van der Waals surface area contributed by atoms with Gasteiger partial charge in [0.05, 0.1) is 7.11 Å². The first-order valence-electron chi connectivity index (χ1n) is 4.03. The molecular formula is C11H12O2. The van der Waals surface area contributed by atoms with Crippen molar-refractivity contribution < 1.29 is 9.47 Å². The van der Waals surface area contributed by atoms with Gasteiger partial charge in [-0.1, -0.05) is 18.1 Å². The second kappa shape index (κ2) is 5.10. The van der Waals surface area contributed by atoms with E-state index >= 15 is 0 Å². The lowest BCUT2D eigenvalue weighted by Gasteiger charge is -2.01. The molecule has 0 amide bonds. The van der Waals surface area contributed by atoms with E-state index in [-0.39, 0.29) is 0 Å². The van der Waals surface area contributed by atoms with Crippen LogP contribution in [0.3, 0.4) is 0 Å². The predicted molar refractivity (Wildman–Crippen MR) is 51.2 cm³/mol. The fourth-order valence-electron chi connectivity index (χ4n) is 0.913. The van der Waals surface area contributed by atoms with Crippen molar-refractivity contribution in [1.29, 1.82) is 0 Å². The topological polar surface area (TPSA) is 18.5 Å². The van der Waals surface area contributed by atoms with Crippen molar-refractivity contribution in [1.82, 2.24) is 0 Å². The van der Waals surface area contributed by atoms with Crippen LogP contribution in [0.5, 0.6) is 5.75 Å². The minimum atomic E-state index is 0.519. The average molecular weight is 176 g/mol. The summed E-state index contributed by atoms with van der Waals surface area (Å²) in [7, 11) is 1.65. The van der Waals surface area contributed by atoms with Crippen LogP contribution in [-0.2, 0) is 11.3 Å². The maximum absolute atomic E-state index is 5.04. The number of hydrogen-bond donors (Lipinski definition) is 0. The van der Waals surface area contributed by atoms with Crippen LogP contribution in [0.15, 0.2) is 24.3 Å². The van der Waals surface area contributed by atoms with Crippen LogP contribution in [0.2, 0.25) is 0 Å². The second-order valence-electron chi connectivity index (χ2n) is 2.49. The number of hydrogen-bond acceptors (Lipinski definition) is 2. The molecule has 0 radical (unpaired) electrons. The molecule has 0 saturated heterocycles. The molecule has 0 aliphatic carbocycles. The van der Waals surface area contributed by atoms with Crippen molar-refractivity contribution in [2.45, 2.75) is 13.5 Å². The van der Waals surface area contributed by atoms with Gasteiger partial charge in [-0.3, -0.25) is 0 Å². The fourth-order valence-corrected chi connectivity index (χ4v) is 0.913. The van der Waals surface area contributed by atoms with Gasteiger partial charge in [-0.2, -0.15) is 0 Å². The highest BCUT2D eigenvalue weighted by atomic mass is 16.5. The lowest BCUT2D eigenvalue weighted by atomic mass is 10.2. The molecule has 1 aromatic rings. The first-order chi connectivity index (χ1) is 6.36. The quantitative estimate of drug-likeness (QED) is 0.657. The van der Waals surface area contributed by atoms with Gasteiger partial charge in [0, 0.05) is 6.92 Å². The van der Waals surface area contributed by atoms with Crippen LogP contribution in [-0.4, -0.2) is 7.11 Å². The summed E-state index contributed by atoms with van der Waals surface area (Å²) < 4.78 is 10.1. The van der Waals surface area contributed by atoms with E-state index in [1.807, 2.05) is 24.3 Å².